The summed E-state index contributed by atoms with van der Waals surface area (Å²) in [4.78, 5) is 13.7. The SMILES string of the molecule is c1cc(Nc2ccc(N3CCCC3)cc2)nc(NCCN2CCOCC2)n1. The fraction of sp³-hybridized carbons (Fsp3) is 0.500. The third-order valence-electron chi connectivity index (χ3n) is 5.08. The van der Waals surface area contributed by atoms with Gasteiger partial charge in [-0.05, 0) is 43.2 Å². The summed E-state index contributed by atoms with van der Waals surface area (Å²) in [6, 6.07) is 10.5. The number of anilines is 4. The summed E-state index contributed by atoms with van der Waals surface area (Å²) >= 11 is 0. The van der Waals surface area contributed by atoms with Crippen molar-refractivity contribution in [3.8, 4) is 0 Å². The van der Waals surface area contributed by atoms with Gasteiger partial charge in [0.2, 0.25) is 5.95 Å². The first kappa shape index (κ1) is 18.0. The van der Waals surface area contributed by atoms with Crippen LogP contribution in [0.25, 0.3) is 0 Å². The molecule has 0 bridgehead atoms. The van der Waals surface area contributed by atoms with Crippen molar-refractivity contribution in [1.29, 1.82) is 0 Å². The van der Waals surface area contributed by atoms with Crippen molar-refractivity contribution in [3.63, 3.8) is 0 Å². The lowest BCUT2D eigenvalue weighted by molar-refractivity contribution is 0.0398. The topological polar surface area (TPSA) is 65.5 Å². The zero-order valence-corrected chi connectivity index (χ0v) is 15.7. The van der Waals surface area contributed by atoms with E-state index in [4.69, 9.17) is 4.74 Å². The highest BCUT2D eigenvalue weighted by molar-refractivity contribution is 5.61. The molecule has 2 fully saturated rings. The molecule has 7 heteroatoms. The minimum atomic E-state index is 0.655. The lowest BCUT2D eigenvalue weighted by Crippen LogP contribution is -2.39. The molecule has 1 aromatic heterocycles. The smallest absolute Gasteiger partial charge is 0.224 e. The Bertz CT molecular complexity index is 711. The van der Waals surface area contributed by atoms with E-state index in [1.54, 1.807) is 6.20 Å². The van der Waals surface area contributed by atoms with Gasteiger partial charge in [0, 0.05) is 56.8 Å². The Balaban J connectivity index is 1.29. The van der Waals surface area contributed by atoms with Crippen LogP contribution < -0.4 is 15.5 Å². The second-order valence-electron chi connectivity index (χ2n) is 7.01. The van der Waals surface area contributed by atoms with E-state index >= 15 is 0 Å². The molecule has 1 aromatic carbocycles. The minimum Gasteiger partial charge on any atom is -0.379 e. The molecule has 2 N–H and O–H groups in total. The molecule has 2 aliphatic heterocycles. The first-order valence-corrected chi connectivity index (χ1v) is 9.86. The molecule has 0 amide bonds. The van der Waals surface area contributed by atoms with Crippen molar-refractivity contribution < 1.29 is 4.74 Å². The maximum Gasteiger partial charge on any atom is 0.224 e. The molecule has 144 valence electrons. The summed E-state index contributed by atoms with van der Waals surface area (Å²) in [5.41, 5.74) is 2.34. The van der Waals surface area contributed by atoms with Crippen molar-refractivity contribution in [3.05, 3.63) is 36.5 Å². The largest absolute Gasteiger partial charge is 0.379 e. The average molecular weight is 368 g/mol. The quantitative estimate of drug-likeness (QED) is 0.779. The molecular formula is C20H28N6O. The van der Waals surface area contributed by atoms with Crippen LogP contribution in [-0.2, 0) is 4.74 Å². The normalized spacial score (nSPS) is 17.9. The first-order chi connectivity index (χ1) is 13.4. The molecule has 27 heavy (non-hydrogen) atoms. The summed E-state index contributed by atoms with van der Waals surface area (Å²) in [6.07, 6.45) is 4.37. The van der Waals surface area contributed by atoms with E-state index in [1.165, 1.54) is 18.5 Å². The summed E-state index contributed by atoms with van der Waals surface area (Å²) in [5, 5.41) is 6.68. The van der Waals surface area contributed by atoms with Crippen LogP contribution in [0.4, 0.5) is 23.1 Å². The minimum absolute atomic E-state index is 0.655. The van der Waals surface area contributed by atoms with Crippen LogP contribution in [-0.4, -0.2) is 67.4 Å². The summed E-state index contributed by atoms with van der Waals surface area (Å²) in [5.74, 6) is 1.45. The van der Waals surface area contributed by atoms with Crippen molar-refractivity contribution in [2.24, 2.45) is 0 Å². The fourth-order valence-corrected chi connectivity index (χ4v) is 3.54. The van der Waals surface area contributed by atoms with Crippen LogP contribution in [0.15, 0.2) is 36.5 Å². The van der Waals surface area contributed by atoms with E-state index in [0.29, 0.717) is 5.95 Å². The number of benzene rings is 1. The zero-order valence-electron chi connectivity index (χ0n) is 15.7. The van der Waals surface area contributed by atoms with E-state index in [9.17, 15) is 0 Å². The van der Waals surface area contributed by atoms with Crippen LogP contribution in [0.5, 0.6) is 0 Å². The molecule has 0 saturated carbocycles. The highest BCUT2D eigenvalue weighted by Gasteiger charge is 2.12. The molecule has 0 spiro atoms. The van der Waals surface area contributed by atoms with Gasteiger partial charge < -0.3 is 20.3 Å². The van der Waals surface area contributed by atoms with Gasteiger partial charge in [-0.2, -0.15) is 4.98 Å². The lowest BCUT2D eigenvalue weighted by atomic mass is 10.2. The van der Waals surface area contributed by atoms with E-state index in [-0.39, 0.29) is 0 Å². The number of ether oxygens (including phenoxy) is 1. The van der Waals surface area contributed by atoms with Gasteiger partial charge in [0.15, 0.2) is 0 Å². The van der Waals surface area contributed by atoms with Gasteiger partial charge in [0.1, 0.15) is 5.82 Å². The maximum absolute atomic E-state index is 5.38. The zero-order chi connectivity index (χ0) is 18.3. The number of nitrogens with zero attached hydrogens (tertiary/aromatic N) is 4. The van der Waals surface area contributed by atoms with Crippen molar-refractivity contribution in [1.82, 2.24) is 14.9 Å². The molecule has 2 aromatic rings. The average Bonchev–Trinajstić information content (AvgIpc) is 3.25. The van der Waals surface area contributed by atoms with E-state index in [2.05, 4.69) is 54.7 Å². The Labute approximate surface area is 160 Å². The van der Waals surface area contributed by atoms with Gasteiger partial charge in [-0.1, -0.05) is 0 Å². The molecular weight excluding hydrogens is 340 g/mol. The van der Waals surface area contributed by atoms with E-state index in [1.807, 2.05) is 6.07 Å². The monoisotopic (exact) mass is 368 g/mol. The number of morpholine rings is 1. The second kappa shape index (κ2) is 9.01. The predicted octanol–water partition coefficient (Wildman–Crippen LogP) is 2.56. The Morgan fingerprint density at radius 2 is 1.74 bits per heavy atom. The number of nitrogens with one attached hydrogen (secondary N) is 2. The summed E-state index contributed by atoms with van der Waals surface area (Å²) < 4.78 is 5.38. The van der Waals surface area contributed by atoms with Gasteiger partial charge in [0.05, 0.1) is 13.2 Å². The molecule has 4 rings (SSSR count). The van der Waals surface area contributed by atoms with Gasteiger partial charge in [-0.3, -0.25) is 4.90 Å². The number of hydrogen-bond donors (Lipinski definition) is 2. The third kappa shape index (κ3) is 5.08. The fourth-order valence-electron chi connectivity index (χ4n) is 3.54. The molecule has 0 unspecified atom stereocenters. The standard InChI is InChI=1S/C20H28N6O/c1-2-11-26(10-1)18-5-3-17(4-6-18)23-19-7-8-21-20(24-19)22-9-12-25-13-15-27-16-14-25/h3-8H,1-2,9-16H2,(H2,21,22,23,24). The summed E-state index contributed by atoms with van der Waals surface area (Å²) in [7, 11) is 0. The van der Waals surface area contributed by atoms with Crippen molar-refractivity contribution in [2.45, 2.75) is 12.8 Å². The molecule has 3 heterocycles. The van der Waals surface area contributed by atoms with Crippen molar-refractivity contribution >= 4 is 23.1 Å². The third-order valence-corrected chi connectivity index (χ3v) is 5.08. The first-order valence-electron chi connectivity index (χ1n) is 9.86. The van der Waals surface area contributed by atoms with Crippen LogP contribution >= 0.6 is 0 Å². The Morgan fingerprint density at radius 1 is 0.963 bits per heavy atom. The second-order valence-corrected chi connectivity index (χ2v) is 7.01. The number of hydrogen-bond acceptors (Lipinski definition) is 7. The molecule has 0 radical (unpaired) electrons. The van der Waals surface area contributed by atoms with Gasteiger partial charge in [-0.15, -0.1) is 0 Å². The highest BCUT2D eigenvalue weighted by Crippen LogP contribution is 2.23. The molecule has 7 nitrogen and oxygen atoms in total. The molecule has 0 aliphatic carbocycles. The van der Waals surface area contributed by atoms with Gasteiger partial charge in [0.25, 0.3) is 0 Å². The van der Waals surface area contributed by atoms with Crippen LogP contribution in [0.3, 0.4) is 0 Å². The Kier molecular flexibility index (Phi) is 6.01. The Hall–Kier alpha value is -2.38. The molecule has 2 aliphatic rings. The van der Waals surface area contributed by atoms with Crippen LogP contribution in [0.1, 0.15) is 12.8 Å². The van der Waals surface area contributed by atoms with Crippen LogP contribution in [0, 0.1) is 0 Å². The van der Waals surface area contributed by atoms with Gasteiger partial charge >= 0.3 is 0 Å². The number of aromatic nitrogens is 2. The van der Waals surface area contributed by atoms with Gasteiger partial charge in [-0.25, -0.2) is 4.98 Å². The maximum atomic E-state index is 5.38. The van der Waals surface area contributed by atoms with Crippen molar-refractivity contribution in [2.75, 3.05) is 68.0 Å². The highest BCUT2D eigenvalue weighted by atomic mass is 16.5. The number of rotatable bonds is 7. The van der Waals surface area contributed by atoms with Crippen LogP contribution in [0.2, 0.25) is 0 Å². The molecule has 2 saturated heterocycles. The molecule has 0 atom stereocenters. The Morgan fingerprint density at radius 3 is 2.52 bits per heavy atom. The summed E-state index contributed by atoms with van der Waals surface area (Å²) in [6.45, 7) is 7.78. The predicted molar refractivity (Wildman–Crippen MR) is 109 cm³/mol. The van der Waals surface area contributed by atoms with E-state index < -0.39 is 0 Å². The van der Waals surface area contributed by atoms with E-state index in [0.717, 1.165) is 64.0 Å². The lowest BCUT2D eigenvalue weighted by Gasteiger charge is -2.26.